The maximum Gasteiger partial charge on any atom is 0.410 e. The van der Waals surface area contributed by atoms with Crippen molar-refractivity contribution in [3.8, 4) is 22.8 Å². The van der Waals surface area contributed by atoms with Crippen LogP contribution in [0.3, 0.4) is 0 Å². The largest absolute Gasteiger partial charge is 0.453 e. The molecule has 0 radical (unpaired) electrons. The molecule has 3 N–H and O–H groups in total. The van der Waals surface area contributed by atoms with E-state index in [4.69, 9.17) is 25.0 Å². The molecule has 2 aliphatic heterocycles. The Hall–Kier alpha value is -5.39. The van der Waals surface area contributed by atoms with E-state index in [0.717, 1.165) is 23.6 Å². The van der Waals surface area contributed by atoms with Crippen molar-refractivity contribution in [3.05, 3.63) is 66.5 Å². The van der Waals surface area contributed by atoms with Crippen LogP contribution in [-0.2, 0) is 4.74 Å². The minimum atomic E-state index is -0.596. The maximum absolute atomic E-state index is 13.3. The van der Waals surface area contributed by atoms with Gasteiger partial charge >= 0.3 is 6.09 Å². The van der Waals surface area contributed by atoms with Crippen LogP contribution in [0.1, 0.15) is 50.0 Å². The Bertz CT molecular complexity index is 1970. The van der Waals surface area contributed by atoms with Crippen LogP contribution in [0, 0.1) is 0 Å². The van der Waals surface area contributed by atoms with E-state index in [9.17, 15) is 9.59 Å². The Morgan fingerprint density at radius 3 is 2.64 bits per heavy atom. The number of hydrogen-bond acceptors (Lipinski definition) is 9. The van der Waals surface area contributed by atoms with Gasteiger partial charge in [-0.25, -0.2) is 19.4 Å². The van der Waals surface area contributed by atoms with Gasteiger partial charge in [-0.05, 0) is 68.7 Å². The number of aromatic nitrogens is 4. The molecule has 45 heavy (non-hydrogen) atoms. The molecule has 0 spiro atoms. The van der Waals surface area contributed by atoms with Gasteiger partial charge in [0.1, 0.15) is 23.4 Å². The second-order valence-corrected chi connectivity index (χ2v) is 12.2. The van der Waals surface area contributed by atoms with Crippen LogP contribution in [0.15, 0.2) is 60.9 Å². The molecule has 5 aromatic rings. The predicted octanol–water partition coefficient (Wildman–Crippen LogP) is 5.78. The summed E-state index contributed by atoms with van der Waals surface area (Å²) in [5.41, 5.74) is 8.50. The highest BCUT2D eigenvalue weighted by atomic mass is 16.7. The van der Waals surface area contributed by atoms with Gasteiger partial charge in [-0.2, -0.15) is 5.10 Å². The molecule has 7 rings (SSSR count). The fourth-order valence-electron chi connectivity index (χ4n) is 5.89. The van der Waals surface area contributed by atoms with Gasteiger partial charge in [-0.1, -0.05) is 30.3 Å². The van der Waals surface area contributed by atoms with Gasteiger partial charge in [-0.15, -0.1) is 0 Å². The zero-order chi connectivity index (χ0) is 31.3. The average Bonchev–Trinajstić information content (AvgIpc) is 3.67. The van der Waals surface area contributed by atoms with E-state index in [-0.39, 0.29) is 30.7 Å². The highest BCUT2D eigenvalue weighted by molar-refractivity contribution is 6.08. The highest BCUT2D eigenvalue weighted by Gasteiger charge is 2.33. The SMILES string of the molecule is CC(C)(C)OC(=O)N1CCC[C@@H](n2nc(-c3ccc(NC(=O)c4ccc5ccccc5c4)c4c3OCO4)c3c(N)ncnc32)C1. The van der Waals surface area contributed by atoms with Crippen molar-refractivity contribution in [2.24, 2.45) is 0 Å². The molecule has 230 valence electrons. The smallest absolute Gasteiger partial charge is 0.410 e. The molecular formula is C33H33N7O5. The summed E-state index contributed by atoms with van der Waals surface area (Å²) in [5, 5.41) is 10.6. The molecule has 0 unspecified atom stereocenters. The maximum atomic E-state index is 13.3. The summed E-state index contributed by atoms with van der Waals surface area (Å²) in [5.74, 6) is 0.821. The minimum absolute atomic E-state index is 0.0245. The quantitative estimate of drug-likeness (QED) is 0.259. The number of ether oxygens (including phenoxy) is 3. The number of likely N-dealkylation sites (tertiary alicyclic amines) is 1. The van der Waals surface area contributed by atoms with Crippen molar-refractivity contribution in [2.75, 3.05) is 30.9 Å². The Labute approximate surface area is 259 Å². The normalized spacial score (nSPS) is 16.2. The third-order valence-electron chi connectivity index (χ3n) is 7.95. The average molecular weight is 608 g/mol. The molecule has 1 fully saturated rings. The van der Waals surface area contributed by atoms with Crippen LogP contribution in [0.4, 0.5) is 16.3 Å². The number of nitrogen functional groups attached to an aromatic ring is 1. The Balaban J connectivity index is 1.23. The van der Waals surface area contributed by atoms with Gasteiger partial charge in [0, 0.05) is 24.2 Å². The molecule has 12 nitrogen and oxygen atoms in total. The molecule has 1 saturated heterocycles. The third-order valence-corrected chi connectivity index (χ3v) is 7.95. The number of nitrogens with two attached hydrogens (primary N) is 1. The van der Waals surface area contributed by atoms with Crippen LogP contribution < -0.4 is 20.5 Å². The molecule has 0 saturated carbocycles. The number of hydrogen-bond donors (Lipinski definition) is 2. The molecule has 0 aliphatic carbocycles. The summed E-state index contributed by atoms with van der Waals surface area (Å²) in [6.07, 6.45) is 2.61. The predicted molar refractivity (Wildman–Crippen MR) is 169 cm³/mol. The zero-order valence-corrected chi connectivity index (χ0v) is 25.2. The molecule has 2 aliphatic rings. The molecule has 3 aromatic carbocycles. The fraction of sp³-hybridized carbons (Fsp3) is 0.303. The van der Waals surface area contributed by atoms with Gasteiger partial charge < -0.3 is 30.2 Å². The van der Waals surface area contributed by atoms with Crippen molar-refractivity contribution in [2.45, 2.75) is 45.3 Å². The van der Waals surface area contributed by atoms with Gasteiger partial charge in [-0.3, -0.25) is 4.79 Å². The molecule has 4 heterocycles. The monoisotopic (exact) mass is 607 g/mol. The number of nitrogens with one attached hydrogen (secondary N) is 1. The number of benzene rings is 3. The lowest BCUT2D eigenvalue weighted by atomic mass is 10.1. The van der Waals surface area contributed by atoms with Crippen LogP contribution in [0.25, 0.3) is 33.1 Å². The second kappa shape index (κ2) is 11.0. The van der Waals surface area contributed by atoms with E-state index in [1.165, 1.54) is 6.33 Å². The van der Waals surface area contributed by atoms with E-state index >= 15 is 0 Å². The lowest BCUT2D eigenvalue weighted by Crippen LogP contribution is -2.43. The third kappa shape index (κ3) is 5.32. The topological polar surface area (TPSA) is 147 Å². The Morgan fingerprint density at radius 2 is 1.82 bits per heavy atom. The summed E-state index contributed by atoms with van der Waals surface area (Å²) in [6.45, 7) is 6.53. The molecular weight excluding hydrogens is 574 g/mol. The first-order chi connectivity index (χ1) is 21.7. The van der Waals surface area contributed by atoms with E-state index in [0.29, 0.717) is 58.1 Å². The van der Waals surface area contributed by atoms with Gasteiger partial charge in [0.15, 0.2) is 17.1 Å². The molecule has 2 amide bonds. The standard InChI is InChI=1S/C33H33N7O5/c1-33(2,3)45-32(42)39-14-6-9-22(16-39)40-30-25(29(34)35-17-36-30)26(38-40)23-12-13-24(28-27(23)43-18-44-28)37-31(41)21-11-10-19-7-4-5-8-20(19)15-21/h4-5,7-8,10-13,15,17,22H,6,9,14,16,18H2,1-3H3,(H,37,41)(H2,34,35,36)/t22-/m1/s1. The van der Waals surface area contributed by atoms with E-state index in [1.807, 2.05) is 67.9 Å². The lowest BCUT2D eigenvalue weighted by Gasteiger charge is -2.34. The second-order valence-electron chi connectivity index (χ2n) is 12.2. The van der Waals surface area contributed by atoms with Crippen molar-refractivity contribution < 1.29 is 23.8 Å². The van der Waals surface area contributed by atoms with Crippen molar-refractivity contribution >= 4 is 45.3 Å². The fourth-order valence-corrected chi connectivity index (χ4v) is 5.89. The van der Waals surface area contributed by atoms with E-state index in [2.05, 4.69) is 15.3 Å². The number of carbonyl (C=O) groups is 2. The zero-order valence-electron chi connectivity index (χ0n) is 25.2. The highest BCUT2D eigenvalue weighted by Crippen LogP contribution is 2.48. The first kappa shape index (κ1) is 28.4. The number of amides is 2. The summed E-state index contributed by atoms with van der Waals surface area (Å²) in [7, 11) is 0. The number of nitrogens with zero attached hydrogens (tertiary/aromatic N) is 5. The van der Waals surface area contributed by atoms with Gasteiger partial charge in [0.05, 0.1) is 17.1 Å². The number of carbonyl (C=O) groups excluding carboxylic acids is 2. The van der Waals surface area contributed by atoms with Gasteiger partial charge in [0.25, 0.3) is 5.91 Å². The van der Waals surface area contributed by atoms with Crippen LogP contribution >= 0.6 is 0 Å². The first-order valence-electron chi connectivity index (χ1n) is 14.9. The van der Waals surface area contributed by atoms with E-state index in [1.54, 1.807) is 17.0 Å². The minimum Gasteiger partial charge on any atom is -0.453 e. The molecule has 12 heteroatoms. The summed E-state index contributed by atoms with van der Waals surface area (Å²) >= 11 is 0. The Kier molecular flexibility index (Phi) is 6.91. The first-order valence-corrected chi connectivity index (χ1v) is 14.9. The number of piperidine rings is 1. The summed E-state index contributed by atoms with van der Waals surface area (Å²) in [4.78, 5) is 36.6. The number of rotatable bonds is 4. The Morgan fingerprint density at radius 1 is 1.02 bits per heavy atom. The van der Waals surface area contributed by atoms with Crippen molar-refractivity contribution in [3.63, 3.8) is 0 Å². The van der Waals surface area contributed by atoms with Crippen LogP contribution in [-0.4, -0.2) is 62.1 Å². The molecule has 0 bridgehead atoms. The summed E-state index contributed by atoms with van der Waals surface area (Å²) < 4.78 is 19.2. The van der Waals surface area contributed by atoms with Crippen molar-refractivity contribution in [1.82, 2.24) is 24.6 Å². The molecule has 2 aromatic heterocycles. The summed E-state index contributed by atoms with van der Waals surface area (Å²) in [6, 6.07) is 16.9. The van der Waals surface area contributed by atoms with Crippen LogP contribution in [0.5, 0.6) is 11.5 Å². The number of fused-ring (bicyclic) bond motifs is 3. The number of anilines is 2. The lowest BCUT2D eigenvalue weighted by molar-refractivity contribution is 0.0169. The van der Waals surface area contributed by atoms with Crippen molar-refractivity contribution in [1.29, 1.82) is 0 Å². The van der Waals surface area contributed by atoms with E-state index < -0.39 is 5.60 Å². The van der Waals surface area contributed by atoms with Crippen LogP contribution in [0.2, 0.25) is 0 Å². The van der Waals surface area contributed by atoms with Gasteiger partial charge in [0.2, 0.25) is 6.79 Å². The molecule has 1 atom stereocenters.